The molecule has 102 valence electrons. The molecule has 0 aromatic heterocycles. The first-order valence-corrected chi connectivity index (χ1v) is 7.61. The van der Waals surface area contributed by atoms with Crippen LogP contribution in [-0.2, 0) is 16.6 Å². The molecule has 2 aromatic carbocycles. The molecule has 0 aliphatic heterocycles. The number of nitriles is 1. The molecule has 0 aliphatic carbocycles. The number of hydrogen-bond donors (Lipinski definition) is 0. The van der Waals surface area contributed by atoms with Crippen LogP contribution in [0.15, 0.2) is 41.3 Å². The lowest BCUT2D eigenvalue weighted by molar-refractivity contribution is 0.615. The van der Waals surface area contributed by atoms with E-state index in [2.05, 4.69) is 0 Å². The van der Waals surface area contributed by atoms with Crippen LogP contribution in [0, 0.1) is 17.1 Å². The lowest BCUT2D eigenvalue weighted by Crippen LogP contribution is -2.01. The molecule has 0 spiro atoms. The third-order valence-electron chi connectivity index (χ3n) is 2.61. The molecule has 0 radical (unpaired) electrons. The highest BCUT2D eigenvalue weighted by Gasteiger charge is 2.15. The van der Waals surface area contributed by atoms with Crippen LogP contribution in [0.2, 0.25) is 10.0 Å². The van der Waals surface area contributed by atoms with Gasteiger partial charge in [0.1, 0.15) is 5.82 Å². The van der Waals surface area contributed by atoms with Gasteiger partial charge in [-0.05, 0) is 30.3 Å². The summed E-state index contributed by atoms with van der Waals surface area (Å²) in [5.41, 5.74) is 0.502. The van der Waals surface area contributed by atoms with Gasteiger partial charge in [0, 0.05) is 5.56 Å². The Morgan fingerprint density at radius 3 is 2.45 bits per heavy atom. The molecular formula is C14H8Cl2FNOS. The van der Waals surface area contributed by atoms with Crippen molar-refractivity contribution in [2.45, 2.75) is 10.6 Å². The van der Waals surface area contributed by atoms with E-state index in [1.807, 2.05) is 6.07 Å². The SMILES string of the molecule is N#Cc1ccc(F)c(CS(=O)c2c(Cl)cccc2Cl)c1. The zero-order chi connectivity index (χ0) is 14.7. The summed E-state index contributed by atoms with van der Waals surface area (Å²) in [6.45, 7) is 0. The van der Waals surface area contributed by atoms with Gasteiger partial charge in [-0.1, -0.05) is 29.3 Å². The molecule has 1 unspecified atom stereocenters. The van der Waals surface area contributed by atoms with E-state index in [0.717, 1.165) is 0 Å². The first-order valence-electron chi connectivity index (χ1n) is 5.54. The molecule has 0 saturated carbocycles. The van der Waals surface area contributed by atoms with Crippen LogP contribution in [0.25, 0.3) is 0 Å². The van der Waals surface area contributed by atoms with Crippen LogP contribution in [0.3, 0.4) is 0 Å². The fourth-order valence-corrected chi connectivity index (χ4v) is 3.80. The molecule has 0 aliphatic rings. The predicted molar refractivity (Wildman–Crippen MR) is 77.7 cm³/mol. The Morgan fingerprint density at radius 2 is 1.85 bits per heavy atom. The quantitative estimate of drug-likeness (QED) is 0.842. The van der Waals surface area contributed by atoms with Crippen LogP contribution in [0.1, 0.15) is 11.1 Å². The van der Waals surface area contributed by atoms with Crippen molar-refractivity contribution in [2.75, 3.05) is 0 Å². The van der Waals surface area contributed by atoms with E-state index < -0.39 is 16.6 Å². The van der Waals surface area contributed by atoms with Crippen molar-refractivity contribution in [1.82, 2.24) is 0 Å². The van der Waals surface area contributed by atoms with Gasteiger partial charge in [-0.2, -0.15) is 5.26 Å². The van der Waals surface area contributed by atoms with Crippen LogP contribution in [0.4, 0.5) is 4.39 Å². The van der Waals surface area contributed by atoms with Crippen molar-refractivity contribution in [3.8, 4) is 6.07 Å². The Bertz CT molecular complexity index is 707. The van der Waals surface area contributed by atoms with Crippen molar-refractivity contribution in [2.24, 2.45) is 0 Å². The predicted octanol–water partition coefficient (Wildman–Crippen LogP) is 4.31. The zero-order valence-corrected chi connectivity index (χ0v) is 12.4. The Balaban J connectivity index is 2.36. The molecule has 0 saturated heterocycles. The average molecular weight is 328 g/mol. The highest BCUT2D eigenvalue weighted by atomic mass is 35.5. The zero-order valence-electron chi connectivity index (χ0n) is 10.1. The van der Waals surface area contributed by atoms with Crippen molar-refractivity contribution in [1.29, 1.82) is 5.26 Å². The Hall–Kier alpha value is -1.41. The van der Waals surface area contributed by atoms with E-state index in [1.54, 1.807) is 18.2 Å². The van der Waals surface area contributed by atoms with Gasteiger partial charge >= 0.3 is 0 Å². The topological polar surface area (TPSA) is 40.9 Å². The standard InChI is InChI=1S/C14H8Cl2FNOS/c15-11-2-1-3-12(16)14(11)20(19)8-10-6-9(7-18)4-5-13(10)17/h1-6H,8H2. The normalized spacial score (nSPS) is 11.9. The van der Waals surface area contributed by atoms with Gasteiger partial charge in [0.15, 0.2) is 0 Å². The second-order valence-corrected chi connectivity index (χ2v) is 6.16. The lowest BCUT2D eigenvalue weighted by Gasteiger charge is -2.08. The molecule has 0 amide bonds. The van der Waals surface area contributed by atoms with Gasteiger partial charge in [-0.15, -0.1) is 0 Å². The summed E-state index contributed by atoms with van der Waals surface area (Å²) in [5.74, 6) is -0.606. The molecule has 0 N–H and O–H groups in total. The van der Waals surface area contributed by atoms with Crippen molar-refractivity contribution in [3.63, 3.8) is 0 Å². The second-order valence-electron chi connectivity index (χ2n) is 3.96. The van der Waals surface area contributed by atoms with Gasteiger partial charge in [0.2, 0.25) is 0 Å². The van der Waals surface area contributed by atoms with Crippen molar-refractivity contribution < 1.29 is 8.60 Å². The Labute approximate surface area is 128 Å². The summed E-state index contributed by atoms with van der Waals surface area (Å²) in [4.78, 5) is 0.276. The van der Waals surface area contributed by atoms with Crippen molar-refractivity contribution >= 4 is 34.0 Å². The number of benzene rings is 2. The van der Waals surface area contributed by atoms with E-state index in [4.69, 9.17) is 28.5 Å². The summed E-state index contributed by atoms with van der Waals surface area (Å²) in [6, 6.07) is 10.6. The maximum Gasteiger partial charge on any atom is 0.127 e. The molecule has 6 heteroatoms. The van der Waals surface area contributed by atoms with Crippen LogP contribution < -0.4 is 0 Å². The van der Waals surface area contributed by atoms with Crippen LogP contribution in [-0.4, -0.2) is 4.21 Å². The monoisotopic (exact) mass is 327 g/mol. The minimum absolute atomic E-state index is 0.0925. The number of rotatable bonds is 3. The molecule has 2 rings (SSSR count). The molecular weight excluding hydrogens is 320 g/mol. The van der Waals surface area contributed by atoms with Crippen LogP contribution in [0.5, 0.6) is 0 Å². The number of hydrogen-bond acceptors (Lipinski definition) is 2. The summed E-state index contributed by atoms with van der Waals surface area (Å²) >= 11 is 11.9. The van der Waals surface area contributed by atoms with Gasteiger partial charge in [0.25, 0.3) is 0 Å². The van der Waals surface area contributed by atoms with E-state index in [9.17, 15) is 8.60 Å². The van der Waals surface area contributed by atoms with E-state index in [0.29, 0.717) is 5.56 Å². The highest BCUT2D eigenvalue weighted by molar-refractivity contribution is 7.84. The fraction of sp³-hybridized carbons (Fsp3) is 0.0714. The molecule has 20 heavy (non-hydrogen) atoms. The summed E-state index contributed by atoms with van der Waals surface area (Å²) < 4.78 is 26.0. The molecule has 0 heterocycles. The number of nitrogens with zero attached hydrogens (tertiary/aromatic N) is 1. The van der Waals surface area contributed by atoms with Crippen molar-refractivity contribution in [3.05, 3.63) is 63.4 Å². The number of halogens is 3. The maximum absolute atomic E-state index is 13.7. The maximum atomic E-state index is 13.7. The third kappa shape index (κ3) is 3.18. The molecule has 2 nitrogen and oxygen atoms in total. The Morgan fingerprint density at radius 1 is 1.20 bits per heavy atom. The lowest BCUT2D eigenvalue weighted by atomic mass is 10.1. The first-order chi connectivity index (χ1) is 9.52. The van der Waals surface area contributed by atoms with E-state index in [-0.39, 0.29) is 26.3 Å². The van der Waals surface area contributed by atoms with Gasteiger partial charge < -0.3 is 0 Å². The fourth-order valence-electron chi connectivity index (χ4n) is 1.67. The second kappa shape index (κ2) is 6.36. The summed E-state index contributed by atoms with van der Waals surface area (Å²) in [7, 11) is -1.59. The molecule has 2 aromatic rings. The largest absolute Gasteiger partial charge is 0.254 e. The molecule has 0 bridgehead atoms. The van der Waals surface area contributed by atoms with E-state index in [1.165, 1.54) is 18.2 Å². The minimum atomic E-state index is -1.59. The minimum Gasteiger partial charge on any atom is -0.254 e. The molecule has 0 fully saturated rings. The van der Waals surface area contributed by atoms with Gasteiger partial charge in [-0.25, -0.2) is 4.39 Å². The summed E-state index contributed by atoms with van der Waals surface area (Å²) in [5, 5.41) is 9.34. The van der Waals surface area contributed by atoms with Gasteiger partial charge in [0.05, 0.1) is 43.1 Å². The summed E-state index contributed by atoms with van der Waals surface area (Å²) in [6.07, 6.45) is 0. The average Bonchev–Trinajstić information content (AvgIpc) is 2.41. The van der Waals surface area contributed by atoms with Gasteiger partial charge in [-0.3, -0.25) is 4.21 Å². The molecule has 1 atom stereocenters. The first kappa shape index (κ1) is 15.0. The van der Waals surface area contributed by atoms with Crippen LogP contribution >= 0.6 is 23.2 Å². The highest BCUT2D eigenvalue weighted by Crippen LogP contribution is 2.29. The third-order valence-corrected chi connectivity index (χ3v) is 4.93. The smallest absolute Gasteiger partial charge is 0.127 e. The van der Waals surface area contributed by atoms with E-state index >= 15 is 0 Å². The Kier molecular flexibility index (Phi) is 4.77.